The van der Waals surface area contributed by atoms with Crippen molar-refractivity contribution >= 4 is 39.1 Å². The van der Waals surface area contributed by atoms with Crippen molar-refractivity contribution in [2.45, 2.75) is 30.9 Å². The molecule has 0 bridgehead atoms. The van der Waals surface area contributed by atoms with Crippen molar-refractivity contribution in [3.63, 3.8) is 0 Å². The average Bonchev–Trinajstić information content (AvgIpc) is 3.41. The van der Waals surface area contributed by atoms with E-state index in [-0.39, 0.29) is 11.2 Å². The monoisotopic (exact) mass is 390 g/mol. The number of rotatable bonds is 5. The second-order valence-corrected chi connectivity index (χ2v) is 9.45. The van der Waals surface area contributed by atoms with Crippen LogP contribution in [0.4, 0.5) is 0 Å². The molecule has 3 rings (SSSR count). The second kappa shape index (κ2) is 7.20. The second-order valence-electron chi connectivity index (χ2n) is 6.43. The zero-order chi connectivity index (χ0) is 17.3. The SMILES string of the molecule is O=C(NCC1CCN(S(=O)(=O)C2CC2)CC1)c1ccc(Cl)c(Cl)c1. The minimum Gasteiger partial charge on any atom is -0.352 e. The maximum absolute atomic E-state index is 12.2. The summed E-state index contributed by atoms with van der Waals surface area (Å²) in [4.78, 5) is 12.2. The number of nitrogens with zero attached hydrogens (tertiary/aromatic N) is 1. The van der Waals surface area contributed by atoms with Crippen LogP contribution < -0.4 is 5.32 Å². The molecule has 1 saturated heterocycles. The molecule has 2 fully saturated rings. The molecule has 1 heterocycles. The third-order valence-electron chi connectivity index (χ3n) is 4.61. The van der Waals surface area contributed by atoms with E-state index in [1.54, 1.807) is 22.5 Å². The van der Waals surface area contributed by atoms with Gasteiger partial charge in [-0.15, -0.1) is 0 Å². The van der Waals surface area contributed by atoms with Gasteiger partial charge in [-0.2, -0.15) is 0 Å². The van der Waals surface area contributed by atoms with Crippen LogP contribution in [-0.2, 0) is 10.0 Å². The molecule has 1 aliphatic heterocycles. The number of amides is 1. The maximum Gasteiger partial charge on any atom is 0.251 e. The van der Waals surface area contributed by atoms with E-state index >= 15 is 0 Å². The van der Waals surface area contributed by atoms with E-state index in [0.717, 1.165) is 25.7 Å². The lowest BCUT2D eigenvalue weighted by atomic mass is 9.98. The van der Waals surface area contributed by atoms with Crippen molar-refractivity contribution in [2.75, 3.05) is 19.6 Å². The summed E-state index contributed by atoms with van der Waals surface area (Å²) < 4.78 is 26.0. The number of sulfonamides is 1. The Morgan fingerprint density at radius 1 is 1.12 bits per heavy atom. The molecule has 0 unspecified atom stereocenters. The van der Waals surface area contributed by atoms with E-state index in [9.17, 15) is 13.2 Å². The number of nitrogens with one attached hydrogen (secondary N) is 1. The van der Waals surface area contributed by atoms with Crippen LogP contribution in [-0.4, -0.2) is 43.5 Å². The van der Waals surface area contributed by atoms with Gasteiger partial charge in [0.15, 0.2) is 0 Å². The Bertz CT molecular complexity index is 727. The Hall–Kier alpha value is -0.820. The van der Waals surface area contributed by atoms with Crippen LogP contribution >= 0.6 is 23.2 Å². The minimum atomic E-state index is -3.08. The van der Waals surface area contributed by atoms with Gasteiger partial charge >= 0.3 is 0 Å². The van der Waals surface area contributed by atoms with Crippen LogP contribution in [0, 0.1) is 5.92 Å². The molecule has 2 aliphatic rings. The molecule has 24 heavy (non-hydrogen) atoms. The van der Waals surface area contributed by atoms with Gasteiger partial charge in [-0.05, 0) is 49.8 Å². The molecule has 8 heteroatoms. The Balaban J connectivity index is 1.48. The fraction of sp³-hybridized carbons (Fsp3) is 0.562. The van der Waals surface area contributed by atoms with Gasteiger partial charge in [0, 0.05) is 25.2 Å². The third-order valence-corrected chi connectivity index (χ3v) is 7.75. The number of carbonyl (C=O) groups is 1. The topological polar surface area (TPSA) is 66.5 Å². The van der Waals surface area contributed by atoms with Crippen LogP contribution in [0.2, 0.25) is 10.0 Å². The van der Waals surface area contributed by atoms with Crippen LogP contribution in [0.1, 0.15) is 36.0 Å². The highest BCUT2D eigenvalue weighted by Gasteiger charge is 2.41. The molecule has 0 spiro atoms. The van der Waals surface area contributed by atoms with Crippen molar-refractivity contribution in [2.24, 2.45) is 5.92 Å². The number of benzene rings is 1. The molecule has 0 atom stereocenters. The molecular formula is C16H20Cl2N2O3S. The molecule has 1 saturated carbocycles. The molecular weight excluding hydrogens is 371 g/mol. The standard InChI is InChI=1S/C16H20Cl2N2O3S/c17-14-4-1-12(9-15(14)18)16(21)19-10-11-5-7-20(8-6-11)24(22,23)13-2-3-13/h1,4,9,11,13H,2-3,5-8,10H2,(H,19,21). The number of hydrogen-bond acceptors (Lipinski definition) is 3. The largest absolute Gasteiger partial charge is 0.352 e. The third kappa shape index (κ3) is 4.04. The Morgan fingerprint density at radius 2 is 1.79 bits per heavy atom. The van der Waals surface area contributed by atoms with Gasteiger partial charge in [-0.25, -0.2) is 12.7 Å². The fourth-order valence-electron chi connectivity index (χ4n) is 2.92. The van der Waals surface area contributed by atoms with Gasteiger partial charge in [-0.3, -0.25) is 4.79 Å². The first kappa shape index (κ1) is 18.0. The maximum atomic E-state index is 12.2. The van der Waals surface area contributed by atoms with Crippen LogP contribution in [0.25, 0.3) is 0 Å². The summed E-state index contributed by atoms with van der Waals surface area (Å²) in [5.41, 5.74) is 0.471. The molecule has 1 aromatic carbocycles. The van der Waals surface area contributed by atoms with E-state index in [0.29, 0.717) is 41.2 Å². The fourth-order valence-corrected chi connectivity index (χ4v) is 5.09. The smallest absolute Gasteiger partial charge is 0.251 e. The van der Waals surface area contributed by atoms with E-state index in [1.807, 2.05) is 0 Å². The molecule has 1 amide bonds. The number of hydrogen-bond donors (Lipinski definition) is 1. The van der Waals surface area contributed by atoms with Crippen molar-refractivity contribution in [1.82, 2.24) is 9.62 Å². The van der Waals surface area contributed by atoms with E-state index in [2.05, 4.69) is 5.32 Å². The lowest BCUT2D eigenvalue weighted by Gasteiger charge is -2.31. The molecule has 0 radical (unpaired) electrons. The lowest BCUT2D eigenvalue weighted by Crippen LogP contribution is -2.42. The average molecular weight is 391 g/mol. The summed E-state index contributed by atoms with van der Waals surface area (Å²) in [5, 5.41) is 3.51. The summed E-state index contributed by atoms with van der Waals surface area (Å²) >= 11 is 11.8. The summed E-state index contributed by atoms with van der Waals surface area (Å²) in [6.45, 7) is 1.63. The predicted octanol–water partition coefficient (Wildman–Crippen LogP) is 2.93. The predicted molar refractivity (Wildman–Crippen MR) is 95.0 cm³/mol. The minimum absolute atomic E-state index is 0.150. The summed E-state index contributed by atoms with van der Waals surface area (Å²) in [5.74, 6) is 0.101. The summed E-state index contributed by atoms with van der Waals surface area (Å²) in [7, 11) is -3.08. The Morgan fingerprint density at radius 3 is 2.38 bits per heavy atom. The van der Waals surface area contributed by atoms with E-state index in [1.165, 1.54) is 0 Å². The number of piperidine rings is 1. The lowest BCUT2D eigenvalue weighted by molar-refractivity contribution is 0.0941. The van der Waals surface area contributed by atoms with Crippen molar-refractivity contribution < 1.29 is 13.2 Å². The van der Waals surface area contributed by atoms with Gasteiger partial charge in [0.1, 0.15) is 0 Å². The van der Waals surface area contributed by atoms with Crippen molar-refractivity contribution in [3.8, 4) is 0 Å². The molecule has 1 N–H and O–H groups in total. The number of halogens is 2. The van der Waals surface area contributed by atoms with Gasteiger partial charge in [0.05, 0.1) is 15.3 Å². The zero-order valence-electron chi connectivity index (χ0n) is 13.2. The van der Waals surface area contributed by atoms with Gasteiger partial charge in [0.25, 0.3) is 5.91 Å². The molecule has 0 aromatic heterocycles. The molecule has 132 valence electrons. The van der Waals surface area contributed by atoms with Crippen LogP contribution in [0.5, 0.6) is 0 Å². The highest BCUT2D eigenvalue weighted by Crippen LogP contribution is 2.33. The van der Waals surface area contributed by atoms with Crippen molar-refractivity contribution in [1.29, 1.82) is 0 Å². The van der Waals surface area contributed by atoms with E-state index in [4.69, 9.17) is 23.2 Å². The van der Waals surface area contributed by atoms with Gasteiger partial charge in [-0.1, -0.05) is 23.2 Å². The van der Waals surface area contributed by atoms with Crippen LogP contribution in [0.15, 0.2) is 18.2 Å². The quantitative estimate of drug-likeness (QED) is 0.840. The normalized spacial score (nSPS) is 20.1. The molecule has 5 nitrogen and oxygen atoms in total. The first-order valence-electron chi connectivity index (χ1n) is 8.10. The first-order valence-corrected chi connectivity index (χ1v) is 10.4. The van der Waals surface area contributed by atoms with Crippen LogP contribution in [0.3, 0.4) is 0 Å². The highest BCUT2D eigenvalue weighted by atomic mass is 35.5. The van der Waals surface area contributed by atoms with Crippen molar-refractivity contribution in [3.05, 3.63) is 33.8 Å². The summed E-state index contributed by atoms with van der Waals surface area (Å²) in [6.07, 6.45) is 3.13. The Labute approximate surface area is 152 Å². The van der Waals surface area contributed by atoms with Gasteiger partial charge < -0.3 is 5.32 Å². The first-order chi connectivity index (χ1) is 11.4. The van der Waals surface area contributed by atoms with Gasteiger partial charge in [0.2, 0.25) is 10.0 Å². The summed E-state index contributed by atoms with van der Waals surface area (Å²) in [6, 6.07) is 4.78. The Kier molecular flexibility index (Phi) is 5.39. The van der Waals surface area contributed by atoms with E-state index < -0.39 is 10.0 Å². The zero-order valence-corrected chi connectivity index (χ0v) is 15.5. The number of carbonyl (C=O) groups excluding carboxylic acids is 1. The molecule has 1 aromatic rings. The highest BCUT2D eigenvalue weighted by molar-refractivity contribution is 7.90. The molecule has 1 aliphatic carbocycles.